The largest absolute Gasteiger partial charge is 0.495 e. The number of pyridine rings is 1. The molecule has 16 heavy (non-hydrogen) atoms. The highest BCUT2D eigenvalue weighted by molar-refractivity contribution is 5.37. The topological polar surface area (TPSA) is 43.4 Å². The summed E-state index contributed by atoms with van der Waals surface area (Å²) in [5.74, 6) is 1.59. The van der Waals surface area contributed by atoms with E-state index in [0.717, 1.165) is 18.1 Å². The molecule has 0 spiro atoms. The van der Waals surface area contributed by atoms with Gasteiger partial charge in [0.25, 0.3) is 0 Å². The monoisotopic (exact) mass is 224 g/mol. The fraction of sp³-hybridized carbons (Fsp3) is 0.583. The molecule has 0 aliphatic heterocycles. The molecule has 1 aromatic rings. The molecule has 0 bridgehead atoms. The number of anilines is 1. The van der Waals surface area contributed by atoms with Gasteiger partial charge < -0.3 is 14.8 Å². The number of hydrogen-bond donors (Lipinski definition) is 1. The van der Waals surface area contributed by atoms with Gasteiger partial charge in [-0.05, 0) is 32.9 Å². The standard InChI is InChI=1S/C12H20N2O2/c1-5-16-12(2,3)9-14-11-7-6-10(15-4)8-13-11/h6-8H,5,9H2,1-4H3,(H,13,14). The van der Waals surface area contributed by atoms with Gasteiger partial charge in [0.1, 0.15) is 11.6 Å². The Morgan fingerprint density at radius 1 is 1.38 bits per heavy atom. The number of rotatable bonds is 6. The molecule has 1 N–H and O–H groups in total. The minimum Gasteiger partial charge on any atom is -0.495 e. The molecular formula is C12H20N2O2. The number of nitrogens with one attached hydrogen (secondary N) is 1. The molecule has 0 amide bonds. The lowest BCUT2D eigenvalue weighted by Gasteiger charge is -2.25. The lowest BCUT2D eigenvalue weighted by molar-refractivity contribution is 0.000643. The van der Waals surface area contributed by atoms with Gasteiger partial charge >= 0.3 is 0 Å². The summed E-state index contributed by atoms with van der Waals surface area (Å²) in [6.07, 6.45) is 1.69. The zero-order chi connectivity index (χ0) is 12.0. The zero-order valence-corrected chi connectivity index (χ0v) is 10.4. The molecule has 1 aromatic heterocycles. The van der Waals surface area contributed by atoms with Gasteiger partial charge in [0.2, 0.25) is 0 Å². The highest BCUT2D eigenvalue weighted by atomic mass is 16.5. The Kier molecular flexibility index (Phi) is 4.55. The highest BCUT2D eigenvalue weighted by Gasteiger charge is 2.17. The van der Waals surface area contributed by atoms with E-state index in [4.69, 9.17) is 9.47 Å². The van der Waals surface area contributed by atoms with Gasteiger partial charge in [-0.15, -0.1) is 0 Å². The summed E-state index contributed by atoms with van der Waals surface area (Å²) in [4.78, 5) is 4.22. The molecule has 0 saturated carbocycles. The average molecular weight is 224 g/mol. The summed E-state index contributed by atoms with van der Waals surface area (Å²) in [7, 11) is 1.63. The fourth-order valence-electron chi connectivity index (χ4n) is 1.35. The average Bonchev–Trinajstić information content (AvgIpc) is 2.27. The summed E-state index contributed by atoms with van der Waals surface area (Å²) in [6.45, 7) is 7.53. The van der Waals surface area contributed by atoms with Crippen LogP contribution in [0.25, 0.3) is 0 Å². The number of hydrogen-bond acceptors (Lipinski definition) is 4. The molecule has 1 rings (SSSR count). The summed E-state index contributed by atoms with van der Waals surface area (Å²) in [6, 6.07) is 3.77. The van der Waals surface area contributed by atoms with E-state index in [0.29, 0.717) is 6.61 Å². The van der Waals surface area contributed by atoms with Crippen molar-refractivity contribution >= 4 is 5.82 Å². The Balaban J connectivity index is 2.48. The molecule has 0 fully saturated rings. The lowest BCUT2D eigenvalue weighted by atomic mass is 10.1. The number of ether oxygens (including phenoxy) is 2. The van der Waals surface area contributed by atoms with Crippen LogP contribution in [-0.2, 0) is 4.74 Å². The van der Waals surface area contributed by atoms with Gasteiger partial charge in [0.05, 0.1) is 18.9 Å². The number of methoxy groups -OCH3 is 1. The van der Waals surface area contributed by atoms with Crippen molar-refractivity contribution in [1.29, 1.82) is 0 Å². The normalized spacial score (nSPS) is 11.2. The maximum Gasteiger partial charge on any atom is 0.137 e. The van der Waals surface area contributed by atoms with Crippen LogP contribution in [0.1, 0.15) is 20.8 Å². The molecular weight excluding hydrogens is 204 g/mol. The molecule has 0 saturated heterocycles. The first-order chi connectivity index (χ1) is 7.57. The smallest absolute Gasteiger partial charge is 0.137 e. The van der Waals surface area contributed by atoms with Gasteiger partial charge in [0, 0.05) is 13.2 Å². The molecule has 0 atom stereocenters. The molecule has 4 heteroatoms. The van der Waals surface area contributed by atoms with E-state index in [9.17, 15) is 0 Å². The summed E-state index contributed by atoms with van der Waals surface area (Å²) >= 11 is 0. The molecule has 4 nitrogen and oxygen atoms in total. The second-order valence-corrected chi connectivity index (χ2v) is 4.13. The Morgan fingerprint density at radius 2 is 2.12 bits per heavy atom. The molecule has 0 aliphatic rings. The van der Waals surface area contributed by atoms with Gasteiger partial charge in [-0.3, -0.25) is 0 Å². The molecule has 0 unspecified atom stereocenters. The van der Waals surface area contributed by atoms with E-state index in [-0.39, 0.29) is 5.60 Å². The van der Waals surface area contributed by atoms with E-state index in [1.54, 1.807) is 13.3 Å². The van der Waals surface area contributed by atoms with Crippen molar-refractivity contribution in [3.05, 3.63) is 18.3 Å². The minimum absolute atomic E-state index is 0.184. The third-order valence-electron chi connectivity index (χ3n) is 2.20. The first-order valence-electron chi connectivity index (χ1n) is 5.45. The predicted molar refractivity (Wildman–Crippen MR) is 65.0 cm³/mol. The molecule has 1 heterocycles. The van der Waals surface area contributed by atoms with Crippen molar-refractivity contribution in [2.75, 3.05) is 25.6 Å². The molecule has 0 radical (unpaired) electrons. The van der Waals surface area contributed by atoms with Crippen molar-refractivity contribution in [1.82, 2.24) is 4.98 Å². The van der Waals surface area contributed by atoms with E-state index in [1.807, 2.05) is 32.9 Å². The quantitative estimate of drug-likeness (QED) is 0.805. The van der Waals surface area contributed by atoms with E-state index in [2.05, 4.69) is 10.3 Å². The van der Waals surface area contributed by atoms with Crippen LogP contribution in [-0.4, -0.2) is 30.8 Å². The van der Waals surface area contributed by atoms with Crippen molar-refractivity contribution in [2.45, 2.75) is 26.4 Å². The van der Waals surface area contributed by atoms with Crippen molar-refractivity contribution in [3.8, 4) is 5.75 Å². The summed E-state index contributed by atoms with van der Waals surface area (Å²) in [5.41, 5.74) is -0.184. The third kappa shape index (κ3) is 4.06. The van der Waals surface area contributed by atoms with Crippen LogP contribution in [0, 0.1) is 0 Å². The Hall–Kier alpha value is -1.29. The van der Waals surface area contributed by atoms with Gasteiger partial charge in [0.15, 0.2) is 0 Å². The van der Waals surface area contributed by atoms with Gasteiger partial charge in [-0.1, -0.05) is 0 Å². The first-order valence-corrected chi connectivity index (χ1v) is 5.45. The van der Waals surface area contributed by atoms with Crippen molar-refractivity contribution < 1.29 is 9.47 Å². The highest BCUT2D eigenvalue weighted by Crippen LogP contribution is 2.14. The maximum absolute atomic E-state index is 5.58. The maximum atomic E-state index is 5.58. The van der Waals surface area contributed by atoms with Crippen LogP contribution in [0.2, 0.25) is 0 Å². The van der Waals surface area contributed by atoms with Crippen LogP contribution in [0.15, 0.2) is 18.3 Å². The van der Waals surface area contributed by atoms with E-state index >= 15 is 0 Å². The first kappa shape index (κ1) is 12.8. The third-order valence-corrected chi connectivity index (χ3v) is 2.20. The van der Waals surface area contributed by atoms with Crippen LogP contribution in [0.3, 0.4) is 0 Å². The second kappa shape index (κ2) is 5.70. The van der Waals surface area contributed by atoms with Gasteiger partial charge in [-0.25, -0.2) is 4.98 Å². The predicted octanol–water partition coefficient (Wildman–Crippen LogP) is 2.32. The van der Waals surface area contributed by atoms with Crippen LogP contribution in [0.4, 0.5) is 5.82 Å². The summed E-state index contributed by atoms with van der Waals surface area (Å²) in [5, 5.41) is 3.23. The zero-order valence-electron chi connectivity index (χ0n) is 10.4. The SMILES string of the molecule is CCOC(C)(C)CNc1ccc(OC)cn1. The molecule has 90 valence electrons. The second-order valence-electron chi connectivity index (χ2n) is 4.13. The number of aromatic nitrogens is 1. The minimum atomic E-state index is -0.184. The lowest BCUT2D eigenvalue weighted by Crippen LogP contribution is -2.33. The van der Waals surface area contributed by atoms with Crippen molar-refractivity contribution in [2.24, 2.45) is 0 Å². The van der Waals surface area contributed by atoms with Gasteiger partial charge in [-0.2, -0.15) is 0 Å². The molecule has 0 aromatic carbocycles. The summed E-state index contributed by atoms with van der Waals surface area (Å²) < 4.78 is 10.6. The molecule has 0 aliphatic carbocycles. The van der Waals surface area contributed by atoms with Crippen LogP contribution < -0.4 is 10.1 Å². The number of nitrogens with zero attached hydrogens (tertiary/aromatic N) is 1. The fourth-order valence-corrected chi connectivity index (χ4v) is 1.35. The van der Waals surface area contributed by atoms with E-state index in [1.165, 1.54) is 0 Å². The van der Waals surface area contributed by atoms with Crippen molar-refractivity contribution in [3.63, 3.8) is 0 Å². The van der Waals surface area contributed by atoms with E-state index < -0.39 is 0 Å². The Bertz CT molecular complexity index is 309. The Labute approximate surface area is 97.0 Å². The van der Waals surface area contributed by atoms with Crippen LogP contribution in [0.5, 0.6) is 5.75 Å². The Morgan fingerprint density at radius 3 is 2.62 bits per heavy atom. The van der Waals surface area contributed by atoms with Crippen LogP contribution >= 0.6 is 0 Å².